The fraction of sp³-hybridized carbons (Fsp3) is 0.278. The minimum atomic E-state index is -1.04. The number of fused-ring (bicyclic) bond motifs is 3. The maximum absolute atomic E-state index is 12.4. The molecule has 3 aromatic rings. The van der Waals surface area contributed by atoms with Crippen LogP contribution in [0, 0.1) is 5.92 Å². The van der Waals surface area contributed by atoms with E-state index in [-0.39, 0.29) is 11.6 Å². The third kappa shape index (κ3) is 3.08. The molecule has 1 atom stereocenters. The summed E-state index contributed by atoms with van der Waals surface area (Å²) in [5.41, 5.74) is 2.02. The second-order valence-electron chi connectivity index (χ2n) is 6.28. The number of carboxylic acid groups (broad SMARTS) is 1. The molecule has 0 aliphatic carbocycles. The third-order valence-electron chi connectivity index (χ3n) is 3.93. The van der Waals surface area contributed by atoms with Crippen LogP contribution in [0.2, 0.25) is 0 Å². The topological polar surface area (TPSA) is 95.1 Å². The molecule has 2 aromatic heterocycles. The van der Waals surface area contributed by atoms with Gasteiger partial charge < -0.3 is 15.4 Å². The van der Waals surface area contributed by atoms with Crippen LogP contribution in [0.4, 0.5) is 0 Å². The molecule has 0 aliphatic rings. The Morgan fingerprint density at radius 2 is 1.96 bits per heavy atom. The number of rotatable bonds is 5. The maximum atomic E-state index is 12.4. The highest BCUT2D eigenvalue weighted by Crippen LogP contribution is 2.25. The first-order chi connectivity index (χ1) is 11.5. The van der Waals surface area contributed by atoms with Crippen molar-refractivity contribution in [2.75, 3.05) is 0 Å². The summed E-state index contributed by atoms with van der Waals surface area (Å²) in [7, 11) is 0. The molecule has 3 rings (SSSR count). The number of hydrogen-bond acceptors (Lipinski definition) is 3. The van der Waals surface area contributed by atoms with Crippen LogP contribution < -0.4 is 5.32 Å². The molecule has 124 valence electrons. The highest BCUT2D eigenvalue weighted by molar-refractivity contribution is 6.09. The Bertz CT molecular complexity index is 914. The van der Waals surface area contributed by atoms with E-state index >= 15 is 0 Å². The Balaban J connectivity index is 1.92. The van der Waals surface area contributed by atoms with E-state index in [0.717, 1.165) is 21.8 Å². The molecule has 0 spiro atoms. The lowest BCUT2D eigenvalue weighted by Gasteiger charge is -2.16. The van der Waals surface area contributed by atoms with Crippen LogP contribution in [-0.2, 0) is 4.79 Å². The average Bonchev–Trinajstić information content (AvgIpc) is 2.91. The molecule has 6 heteroatoms. The van der Waals surface area contributed by atoms with Gasteiger partial charge in [-0.25, -0.2) is 9.78 Å². The van der Waals surface area contributed by atoms with Crippen molar-refractivity contribution in [3.8, 4) is 0 Å². The van der Waals surface area contributed by atoms with E-state index in [1.165, 1.54) is 0 Å². The number of carbonyl (C=O) groups excluding carboxylic acids is 1. The number of aromatic amines is 1. The zero-order valence-electron chi connectivity index (χ0n) is 13.5. The zero-order valence-corrected chi connectivity index (χ0v) is 13.5. The first-order valence-electron chi connectivity index (χ1n) is 7.86. The van der Waals surface area contributed by atoms with Crippen molar-refractivity contribution in [1.29, 1.82) is 0 Å². The van der Waals surface area contributed by atoms with E-state index in [1.54, 1.807) is 12.3 Å². The summed E-state index contributed by atoms with van der Waals surface area (Å²) in [4.78, 5) is 31.1. The lowest BCUT2D eigenvalue weighted by Crippen LogP contribution is -2.41. The number of pyridine rings is 1. The van der Waals surface area contributed by atoms with Gasteiger partial charge in [0.2, 0.25) is 0 Å². The van der Waals surface area contributed by atoms with E-state index in [4.69, 9.17) is 0 Å². The number of hydrogen-bond donors (Lipinski definition) is 3. The van der Waals surface area contributed by atoms with E-state index in [0.29, 0.717) is 6.42 Å². The molecule has 1 unspecified atom stereocenters. The van der Waals surface area contributed by atoms with Crippen LogP contribution in [0.3, 0.4) is 0 Å². The van der Waals surface area contributed by atoms with E-state index in [1.807, 2.05) is 38.1 Å². The van der Waals surface area contributed by atoms with Gasteiger partial charge in [-0.05, 0) is 24.5 Å². The summed E-state index contributed by atoms with van der Waals surface area (Å²) in [6, 6.07) is 8.56. The second-order valence-corrected chi connectivity index (χ2v) is 6.28. The van der Waals surface area contributed by atoms with Crippen molar-refractivity contribution >= 4 is 33.7 Å². The summed E-state index contributed by atoms with van der Waals surface area (Å²) >= 11 is 0. The van der Waals surface area contributed by atoms with Crippen LogP contribution in [0.25, 0.3) is 21.8 Å². The number of aromatic nitrogens is 2. The van der Waals surface area contributed by atoms with Crippen molar-refractivity contribution < 1.29 is 14.7 Å². The van der Waals surface area contributed by atoms with Gasteiger partial charge in [-0.3, -0.25) is 4.79 Å². The van der Waals surface area contributed by atoms with Crippen molar-refractivity contribution in [2.24, 2.45) is 5.92 Å². The van der Waals surface area contributed by atoms with Gasteiger partial charge in [0.1, 0.15) is 11.7 Å². The van der Waals surface area contributed by atoms with Crippen LogP contribution in [0.1, 0.15) is 30.8 Å². The molecule has 6 nitrogen and oxygen atoms in total. The number of nitrogens with zero attached hydrogens (tertiary/aromatic N) is 1. The summed E-state index contributed by atoms with van der Waals surface area (Å²) in [6.45, 7) is 3.83. The molecule has 0 bridgehead atoms. The molecular formula is C18H19N3O3. The molecule has 1 aromatic carbocycles. The normalized spacial score (nSPS) is 12.6. The SMILES string of the molecule is CC(C)CC(NC(=O)c1cc2c(cn1)[nH]c1ccccc12)C(=O)O. The molecule has 2 heterocycles. The van der Waals surface area contributed by atoms with Gasteiger partial charge in [0.05, 0.1) is 11.7 Å². The Morgan fingerprint density at radius 1 is 1.21 bits per heavy atom. The van der Waals surface area contributed by atoms with Crippen LogP contribution in [0.5, 0.6) is 0 Å². The number of carboxylic acids is 1. The van der Waals surface area contributed by atoms with Gasteiger partial charge in [0.25, 0.3) is 5.91 Å². The quantitative estimate of drug-likeness (QED) is 0.672. The number of H-pyrrole nitrogens is 1. The highest BCUT2D eigenvalue weighted by atomic mass is 16.4. The van der Waals surface area contributed by atoms with Gasteiger partial charge in [-0.15, -0.1) is 0 Å². The molecule has 0 saturated carbocycles. The van der Waals surface area contributed by atoms with E-state index < -0.39 is 17.9 Å². The monoisotopic (exact) mass is 325 g/mol. The maximum Gasteiger partial charge on any atom is 0.326 e. The van der Waals surface area contributed by atoms with Crippen LogP contribution in [-0.4, -0.2) is 33.0 Å². The number of para-hydroxylation sites is 1. The van der Waals surface area contributed by atoms with Gasteiger partial charge in [0, 0.05) is 16.3 Å². The van der Waals surface area contributed by atoms with Gasteiger partial charge in [-0.1, -0.05) is 32.0 Å². The fourth-order valence-corrected chi connectivity index (χ4v) is 2.80. The van der Waals surface area contributed by atoms with Crippen molar-refractivity contribution in [3.05, 3.63) is 42.2 Å². The average molecular weight is 325 g/mol. The highest BCUT2D eigenvalue weighted by Gasteiger charge is 2.22. The Kier molecular flexibility index (Phi) is 4.20. The summed E-state index contributed by atoms with van der Waals surface area (Å²) in [6.07, 6.45) is 1.97. The standard InChI is InChI=1S/C18H19N3O3/c1-10(2)7-15(18(23)24)21-17(22)14-8-12-11-5-3-4-6-13(11)20-16(12)9-19-14/h3-6,8-10,15,20H,7H2,1-2H3,(H,21,22)(H,23,24). The molecule has 0 fully saturated rings. The Morgan fingerprint density at radius 3 is 2.67 bits per heavy atom. The van der Waals surface area contributed by atoms with Crippen molar-refractivity contribution in [2.45, 2.75) is 26.3 Å². The first-order valence-corrected chi connectivity index (χ1v) is 7.86. The van der Waals surface area contributed by atoms with Gasteiger partial charge in [-0.2, -0.15) is 0 Å². The molecule has 24 heavy (non-hydrogen) atoms. The smallest absolute Gasteiger partial charge is 0.326 e. The summed E-state index contributed by atoms with van der Waals surface area (Å²) in [5, 5.41) is 13.7. The molecule has 0 saturated heterocycles. The van der Waals surface area contributed by atoms with Crippen molar-refractivity contribution in [1.82, 2.24) is 15.3 Å². The minimum absolute atomic E-state index is 0.162. The largest absolute Gasteiger partial charge is 0.480 e. The van der Waals surface area contributed by atoms with E-state index in [9.17, 15) is 14.7 Å². The lowest BCUT2D eigenvalue weighted by molar-refractivity contribution is -0.139. The number of benzene rings is 1. The first kappa shape index (κ1) is 16.0. The van der Waals surface area contributed by atoms with Crippen LogP contribution >= 0.6 is 0 Å². The third-order valence-corrected chi connectivity index (χ3v) is 3.93. The van der Waals surface area contributed by atoms with Gasteiger partial charge >= 0.3 is 5.97 Å². The number of amides is 1. The Labute approximate surface area is 138 Å². The van der Waals surface area contributed by atoms with Crippen LogP contribution in [0.15, 0.2) is 36.5 Å². The number of nitrogens with one attached hydrogen (secondary N) is 2. The minimum Gasteiger partial charge on any atom is -0.480 e. The molecular weight excluding hydrogens is 306 g/mol. The van der Waals surface area contributed by atoms with Crippen molar-refractivity contribution in [3.63, 3.8) is 0 Å². The molecule has 3 N–H and O–H groups in total. The summed E-state index contributed by atoms with van der Waals surface area (Å²) in [5.74, 6) is -1.35. The lowest BCUT2D eigenvalue weighted by atomic mass is 10.0. The summed E-state index contributed by atoms with van der Waals surface area (Å²) < 4.78 is 0. The molecule has 0 radical (unpaired) electrons. The number of carbonyl (C=O) groups is 2. The second kappa shape index (κ2) is 6.31. The predicted molar refractivity (Wildman–Crippen MR) is 91.9 cm³/mol. The zero-order chi connectivity index (χ0) is 17.3. The molecule has 0 aliphatic heterocycles. The molecule has 1 amide bonds. The number of aliphatic carboxylic acids is 1. The Hall–Kier alpha value is -2.89. The van der Waals surface area contributed by atoms with E-state index in [2.05, 4.69) is 15.3 Å². The van der Waals surface area contributed by atoms with Gasteiger partial charge in [0.15, 0.2) is 0 Å². The predicted octanol–water partition coefficient (Wildman–Crippen LogP) is 2.95. The fourth-order valence-electron chi connectivity index (χ4n) is 2.80.